The van der Waals surface area contributed by atoms with E-state index in [1.165, 1.54) is 4.68 Å². The van der Waals surface area contributed by atoms with E-state index >= 15 is 0 Å². The van der Waals surface area contributed by atoms with Crippen LogP contribution >= 0.6 is 0 Å². The Kier molecular flexibility index (Phi) is 4.90. The van der Waals surface area contributed by atoms with E-state index in [0.717, 1.165) is 5.56 Å². The van der Waals surface area contributed by atoms with Crippen molar-refractivity contribution in [3.05, 3.63) is 42.1 Å². The number of amides is 2. The van der Waals surface area contributed by atoms with Crippen LogP contribution in [0.3, 0.4) is 0 Å². The number of aryl methyl sites for hydroxylation is 1. The van der Waals surface area contributed by atoms with Crippen LogP contribution in [-0.2, 0) is 16.6 Å². The summed E-state index contributed by atoms with van der Waals surface area (Å²) in [5, 5.41) is 6.84. The van der Waals surface area contributed by atoms with E-state index in [1.807, 2.05) is 30.3 Å². The quantitative estimate of drug-likeness (QED) is 0.763. The first-order chi connectivity index (χ1) is 10.9. The molecule has 0 aliphatic heterocycles. The number of Topliss-reactive ketones (excluding diaryl/α,β-unsaturated/α-hetero) is 1. The van der Waals surface area contributed by atoms with Crippen LogP contribution in [0.15, 0.2) is 36.5 Å². The standard InChI is InChI=1S/C16H18N4O3/c1-3-12(14(21)15(17)22)18-16(23)11-9-20(2)19-13(11)10-7-5-4-6-8-10/h4-9,12H,3H2,1-2H3,(H2,17,22)(H,18,23). The molecule has 1 aromatic carbocycles. The Labute approximate surface area is 133 Å². The number of primary amides is 1. The van der Waals surface area contributed by atoms with Gasteiger partial charge in [-0.2, -0.15) is 5.10 Å². The van der Waals surface area contributed by atoms with Gasteiger partial charge in [0.15, 0.2) is 0 Å². The molecular weight excluding hydrogens is 296 g/mol. The number of nitrogens with two attached hydrogens (primary N) is 1. The third kappa shape index (κ3) is 3.63. The first-order valence-electron chi connectivity index (χ1n) is 7.17. The molecule has 0 spiro atoms. The Morgan fingerprint density at radius 2 is 1.91 bits per heavy atom. The van der Waals surface area contributed by atoms with E-state index in [9.17, 15) is 14.4 Å². The minimum atomic E-state index is -1.06. The fraction of sp³-hybridized carbons (Fsp3) is 0.250. The molecule has 1 atom stereocenters. The minimum absolute atomic E-state index is 0.272. The molecule has 0 saturated heterocycles. The summed E-state index contributed by atoms with van der Waals surface area (Å²) in [7, 11) is 1.70. The van der Waals surface area contributed by atoms with Crippen LogP contribution in [0.5, 0.6) is 0 Å². The smallest absolute Gasteiger partial charge is 0.287 e. The fourth-order valence-corrected chi connectivity index (χ4v) is 2.22. The van der Waals surface area contributed by atoms with Gasteiger partial charge in [-0.1, -0.05) is 37.3 Å². The largest absolute Gasteiger partial charge is 0.363 e. The number of hydrogen-bond acceptors (Lipinski definition) is 4. The number of hydrogen-bond donors (Lipinski definition) is 2. The van der Waals surface area contributed by atoms with Crippen LogP contribution in [0, 0.1) is 0 Å². The fourth-order valence-electron chi connectivity index (χ4n) is 2.22. The summed E-state index contributed by atoms with van der Waals surface area (Å²) < 4.78 is 1.52. The SMILES string of the molecule is CCC(NC(=O)c1cn(C)nc1-c1ccccc1)C(=O)C(N)=O. The molecule has 0 radical (unpaired) electrons. The second kappa shape index (κ2) is 6.87. The molecule has 1 unspecified atom stereocenters. The highest BCUT2D eigenvalue weighted by Gasteiger charge is 2.25. The number of nitrogens with one attached hydrogen (secondary N) is 1. The third-order valence-electron chi connectivity index (χ3n) is 3.39. The Hall–Kier alpha value is -2.96. The maximum atomic E-state index is 12.5. The molecule has 0 saturated carbocycles. The molecule has 0 fully saturated rings. The average Bonchev–Trinajstić information content (AvgIpc) is 2.94. The van der Waals surface area contributed by atoms with Gasteiger partial charge < -0.3 is 11.1 Å². The lowest BCUT2D eigenvalue weighted by atomic mass is 10.1. The molecule has 23 heavy (non-hydrogen) atoms. The van der Waals surface area contributed by atoms with Crippen molar-refractivity contribution in [1.82, 2.24) is 15.1 Å². The predicted octanol–water partition coefficient (Wildman–Crippen LogP) is 0.650. The van der Waals surface area contributed by atoms with E-state index < -0.39 is 23.6 Å². The summed E-state index contributed by atoms with van der Waals surface area (Å²) in [5.74, 6) is -2.35. The lowest BCUT2D eigenvalue weighted by Gasteiger charge is -2.13. The van der Waals surface area contributed by atoms with E-state index in [-0.39, 0.29) is 6.42 Å². The summed E-state index contributed by atoms with van der Waals surface area (Å²) >= 11 is 0. The van der Waals surface area contributed by atoms with Crippen molar-refractivity contribution in [3.8, 4) is 11.3 Å². The molecule has 7 heteroatoms. The van der Waals surface area contributed by atoms with Crippen molar-refractivity contribution >= 4 is 17.6 Å². The second-order valence-electron chi connectivity index (χ2n) is 5.09. The van der Waals surface area contributed by atoms with E-state index in [2.05, 4.69) is 10.4 Å². The molecule has 0 aliphatic rings. The van der Waals surface area contributed by atoms with Crippen molar-refractivity contribution in [2.75, 3.05) is 0 Å². The summed E-state index contributed by atoms with van der Waals surface area (Å²) in [4.78, 5) is 35.2. The number of rotatable bonds is 6. The molecule has 1 aromatic heterocycles. The van der Waals surface area contributed by atoms with Crippen LogP contribution in [0.1, 0.15) is 23.7 Å². The first-order valence-corrected chi connectivity index (χ1v) is 7.17. The van der Waals surface area contributed by atoms with E-state index in [0.29, 0.717) is 11.3 Å². The molecule has 0 bridgehead atoms. The van der Waals surface area contributed by atoms with Crippen LogP contribution in [0.2, 0.25) is 0 Å². The monoisotopic (exact) mass is 314 g/mol. The predicted molar refractivity (Wildman–Crippen MR) is 84.4 cm³/mol. The van der Waals surface area contributed by atoms with Gasteiger partial charge in [-0.25, -0.2) is 0 Å². The molecule has 3 N–H and O–H groups in total. The minimum Gasteiger partial charge on any atom is -0.363 e. The van der Waals surface area contributed by atoms with Gasteiger partial charge in [0, 0.05) is 18.8 Å². The molecule has 2 rings (SSSR count). The normalized spacial score (nSPS) is 11.7. The zero-order chi connectivity index (χ0) is 17.0. The molecular formula is C16H18N4O3. The summed E-state index contributed by atoms with van der Waals surface area (Å²) in [6, 6.07) is 8.29. The summed E-state index contributed by atoms with van der Waals surface area (Å²) in [6.45, 7) is 1.69. The average molecular weight is 314 g/mol. The zero-order valence-corrected chi connectivity index (χ0v) is 12.9. The maximum Gasteiger partial charge on any atom is 0.287 e. The molecule has 1 heterocycles. The van der Waals surface area contributed by atoms with Gasteiger partial charge in [-0.05, 0) is 6.42 Å². The zero-order valence-electron chi connectivity index (χ0n) is 12.9. The molecule has 2 aromatic rings. The van der Waals surface area contributed by atoms with Crippen LogP contribution in [-0.4, -0.2) is 33.4 Å². The van der Waals surface area contributed by atoms with Gasteiger partial charge in [0.2, 0.25) is 5.78 Å². The lowest BCUT2D eigenvalue weighted by molar-refractivity contribution is -0.137. The van der Waals surface area contributed by atoms with Crippen LogP contribution in [0.4, 0.5) is 0 Å². The summed E-state index contributed by atoms with van der Waals surface area (Å²) in [6.07, 6.45) is 1.84. The number of aromatic nitrogens is 2. The Balaban J connectivity index is 2.30. The highest BCUT2D eigenvalue weighted by atomic mass is 16.2. The highest BCUT2D eigenvalue weighted by Crippen LogP contribution is 2.21. The first kappa shape index (κ1) is 16.4. The van der Waals surface area contributed by atoms with Gasteiger partial charge in [0.05, 0.1) is 11.6 Å². The number of carbonyl (C=O) groups excluding carboxylic acids is 3. The Morgan fingerprint density at radius 3 is 2.48 bits per heavy atom. The third-order valence-corrected chi connectivity index (χ3v) is 3.39. The molecule has 7 nitrogen and oxygen atoms in total. The Morgan fingerprint density at radius 1 is 1.26 bits per heavy atom. The molecule has 2 amide bonds. The number of ketones is 1. The van der Waals surface area contributed by atoms with Crippen molar-refractivity contribution < 1.29 is 14.4 Å². The number of carbonyl (C=O) groups is 3. The van der Waals surface area contributed by atoms with Gasteiger partial charge in [0.25, 0.3) is 11.8 Å². The van der Waals surface area contributed by atoms with Gasteiger partial charge in [-0.15, -0.1) is 0 Å². The van der Waals surface area contributed by atoms with Crippen LogP contribution in [0.25, 0.3) is 11.3 Å². The van der Waals surface area contributed by atoms with Gasteiger partial charge in [0.1, 0.15) is 5.69 Å². The number of nitrogens with zero attached hydrogens (tertiary/aromatic N) is 2. The van der Waals surface area contributed by atoms with E-state index in [4.69, 9.17) is 5.73 Å². The second-order valence-corrected chi connectivity index (χ2v) is 5.09. The number of benzene rings is 1. The van der Waals surface area contributed by atoms with Crippen molar-refractivity contribution in [1.29, 1.82) is 0 Å². The topological polar surface area (TPSA) is 107 Å². The maximum absolute atomic E-state index is 12.5. The van der Waals surface area contributed by atoms with Crippen LogP contribution < -0.4 is 11.1 Å². The molecule has 0 aliphatic carbocycles. The lowest BCUT2D eigenvalue weighted by Crippen LogP contribution is -2.45. The molecule has 120 valence electrons. The van der Waals surface area contributed by atoms with Crippen molar-refractivity contribution in [3.63, 3.8) is 0 Å². The van der Waals surface area contributed by atoms with Crippen molar-refractivity contribution in [2.24, 2.45) is 12.8 Å². The Bertz CT molecular complexity index is 737. The van der Waals surface area contributed by atoms with Gasteiger partial charge in [-0.3, -0.25) is 19.1 Å². The van der Waals surface area contributed by atoms with Crippen molar-refractivity contribution in [2.45, 2.75) is 19.4 Å². The highest BCUT2D eigenvalue weighted by molar-refractivity contribution is 6.38. The summed E-state index contributed by atoms with van der Waals surface area (Å²) in [5.41, 5.74) is 6.62. The van der Waals surface area contributed by atoms with Gasteiger partial charge >= 0.3 is 0 Å². The van der Waals surface area contributed by atoms with E-state index in [1.54, 1.807) is 20.2 Å².